The molecule has 0 N–H and O–H groups in total. The molecule has 0 amide bonds. The van der Waals surface area contributed by atoms with Crippen LogP contribution in [0, 0.1) is 18.8 Å². The Morgan fingerprint density at radius 2 is 1.22 bits per heavy atom. The van der Waals surface area contributed by atoms with Crippen LogP contribution in [0.4, 0.5) is 0 Å². The summed E-state index contributed by atoms with van der Waals surface area (Å²) in [5.74, 6) is 6.48. The van der Waals surface area contributed by atoms with E-state index in [-0.39, 0.29) is 0 Å². The highest BCUT2D eigenvalue weighted by atomic mass is 14.1. The van der Waals surface area contributed by atoms with E-state index >= 15 is 0 Å². The first kappa shape index (κ1) is 14.9. The SMILES string of the molecule is Cc1ccccc1C#CC=C(c1ccccc1)c1ccccc1. The molecule has 3 aromatic carbocycles. The minimum Gasteiger partial charge on any atom is -0.0689 e. The summed E-state index contributed by atoms with van der Waals surface area (Å²) >= 11 is 0. The van der Waals surface area contributed by atoms with Crippen molar-refractivity contribution in [2.24, 2.45) is 0 Å². The molecule has 0 radical (unpaired) electrons. The summed E-state index contributed by atoms with van der Waals surface area (Å²) in [6.45, 7) is 2.09. The van der Waals surface area contributed by atoms with Crippen molar-refractivity contribution in [2.75, 3.05) is 0 Å². The van der Waals surface area contributed by atoms with Crippen LogP contribution in [0.1, 0.15) is 22.3 Å². The zero-order valence-electron chi connectivity index (χ0n) is 13.2. The molecule has 3 rings (SSSR count). The first-order valence-corrected chi connectivity index (χ1v) is 7.73. The summed E-state index contributed by atoms with van der Waals surface area (Å²) < 4.78 is 0. The van der Waals surface area contributed by atoms with Gasteiger partial charge in [-0.1, -0.05) is 90.7 Å². The summed E-state index contributed by atoms with van der Waals surface area (Å²) in [6.07, 6.45) is 2.01. The van der Waals surface area contributed by atoms with Crippen LogP contribution in [-0.4, -0.2) is 0 Å². The van der Waals surface area contributed by atoms with Gasteiger partial charge in [-0.2, -0.15) is 0 Å². The van der Waals surface area contributed by atoms with E-state index in [2.05, 4.69) is 79.4 Å². The standard InChI is InChI=1S/C23H18/c1-19-11-8-9-12-20(19)17-10-18-23(21-13-4-2-5-14-21)22-15-6-3-7-16-22/h2-9,11-16,18H,1H3. The van der Waals surface area contributed by atoms with Crippen molar-refractivity contribution in [3.8, 4) is 11.8 Å². The van der Waals surface area contributed by atoms with Crippen LogP contribution in [0.5, 0.6) is 0 Å². The van der Waals surface area contributed by atoms with E-state index in [1.165, 1.54) is 16.7 Å². The lowest BCUT2D eigenvalue weighted by atomic mass is 9.97. The third kappa shape index (κ3) is 3.78. The Hall–Kier alpha value is -3.04. The fourth-order valence-electron chi connectivity index (χ4n) is 2.47. The average Bonchev–Trinajstić information content (AvgIpc) is 2.62. The predicted octanol–water partition coefficient (Wildman–Crippen LogP) is 5.48. The summed E-state index contributed by atoms with van der Waals surface area (Å²) in [7, 11) is 0. The largest absolute Gasteiger partial charge is 0.0689 e. The topological polar surface area (TPSA) is 0 Å². The second-order valence-electron chi connectivity index (χ2n) is 5.37. The molecular weight excluding hydrogens is 276 g/mol. The van der Waals surface area contributed by atoms with E-state index in [4.69, 9.17) is 0 Å². The van der Waals surface area contributed by atoms with Gasteiger partial charge < -0.3 is 0 Å². The van der Waals surface area contributed by atoms with Gasteiger partial charge in [0, 0.05) is 5.56 Å². The van der Waals surface area contributed by atoms with Crippen molar-refractivity contribution in [3.63, 3.8) is 0 Å². The molecule has 0 aliphatic rings. The van der Waals surface area contributed by atoms with Crippen molar-refractivity contribution in [3.05, 3.63) is 113 Å². The van der Waals surface area contributed by atoms with Crippen LogP contribution < -0.4 is 0 Å². The summed E-state index contributed by atoms with van der Waals surface area (Å²) in [5.41, 5.74) is 5.78. The van der Waals surface area contributed by atoms with Crippen molar-refractivity contribution >= 4 is 5.57 Å². The van der Waals surface area contributed by atoms with Gasteiger partial charge in [-0.3, -0.25) is 0 Å². The second-order valence-corrected chi connectivity index (χ2v) is 5.37. The van der Waals surface area contributed by atoms with Crippen molar-refractivity contribution in [1.29, 1.82) is 0 Å². The highest BCUT2D eigenvalue weighted by molar-refractivity contribution is 5.81. The van der Waals surface area contributed by atoms with Gasteiger partial charge in [-0.05, 0) is 41.3 Å². The molecule has 0 atom stereocenters. The molecule has 110 valence electrons. The average molecular weight is 294 g/mol. The van der Waals surface area contributed by atoms with Gasteiger partial charge in [0.15, 0.2) is 0 Å². The molecule has 23 heavy (non-hydrogen) atoms. The second kappa shape index (κ2) is 7.29. The number of hydrogen-bond acceptors (Lipinski definition) is 0. The molecule has 0 saturated carbocycles. The molecule has 0 aromatic heterocycles. The normalized spacial score (nSPS) is 9.61. The third-order valence-corrected chi connectivity index (χ3v) is 3.74. The maximum Gasteiger partial charge on any atom is 0.0278 e. The van der Waals surface area contributed by atoms with Gasteiger partial charge in [0.1, 0.15) is 0 Å². The molecule has 0 spiro atoms. The number of rotatable bonds is 2. The first-order chi connectivity index (χ1) is 11.3. The van der Waals surface area contributed by atoms with Gasteiger partial charge in [0.25, 0.3) is 0 Å². The molecule has 0 unspecified atom stereocenters. The predicted molar refractivity (Wildman–Crippen MR) is 98.0 cm³/mol. The molecule has 0 heterocycles. The van der Waals surface area contributed by atoms with Crippen LogP contribution >= 0.6 is 0 Å². The Morgan fingerprint density at radius 3 is 1.78 bits per heavy atom. The van der Waals surface area contributed by atoms with Crippen LogP contribution in [0.15, 0.2) is 91.0 Å². The third-order valence-electron chi connectivity index (χ3n) is 3.74. The van der Waals surface area contributed by atoms with E-state index in [0.717, 1.165) is 11.1 Å². The molecule has 0 bridgehead atoms. The Kier molecular flexibility index (Phi) is 4.72. The Bertz CT molecular complexity index is 818. The Morgan fingerprint density at radius 1 is 0.696 bits per heavy atom. The smallest absolute Gasteiger partial charge is 0.0278 e. The van der Waals surface area contributed by atoms with Gasteiger partial charge in [0.05, 0.1) is 0 Å². The van der Waals surface area contributed by atoms with Crippen molar-refractivity contribution < 1.29 is 0 Å². The zero-order valence-corrected chi connectivity index (χ0v) is 13.2. The van der Waals surface area contributed by atoms with Crippen molar-refractivity contribution in [2.45, 2.75) is 6.92 Å². The maximum atomic E-state index is 3.26. The molecule has 0 saturated heterocycles. The van der Waals surface area contributed by atoms with Crippen LogP contribution in [0.3, 0.4) is 0 Å². The lowest BCUT2D eigenvalue weighted by Gasteiger charge is -2.06. The van der Waals surface area contributed by atoms with Crippen LogP contribution in [-0.2, 0) is 0 Å². The molecule has 0 nitrogen and oxygen atoms in total. The fraction of sp³-hybridized carbons (Fsp3) is 0.0435. The van der Waals surface area contributed by atoms with E-state index in [1.807, 2.05) is 30.3 Å². The molecule has 3 aromatic rings. The number of aryl methyl sites for hydroxylation is 1. The fourth-order valence-corrected chi connectivity index (χ4v) is 2.47. The molecule has 0 aliphatic carbocycles. The lowest BCUT2D eigenvalue weighted by Crippen LogP contribution is -1.87. The number of allylic oxidation sites excluding steroid dienone is 1. The van der Waals surface area contributed by atoms with E-state index in [9.17, 15) is 0 Å². The Balaban J connectivity index is 2.02. The maximum absolute atomic E-state index is 3.26. The zero-order chi connectivity index (χ0) is 15.9. The summed E-state index contributed by atoms with van der Waals surface area (Å²) in [6, 6.07) is 29.0. The summed E-state index contributed by atoms with van der Waals surface area (Å²) in [4.78, 5) is 0. The molecule has 0 aliphatic heterocycles. The number of hydrogen-bond donors (Lipinski definition) is 0. The quantitative estimate of drug-likeness (QED) is 0.549. The highest BCUT2D eigenvalue weighted by Gasteiger charge is 2.02. The van der Waals surface area contributed by atoms with Gasteiger partial charge in [0.2, 0.25) is 0 Å². The van der Waals surface area contributed by atoms with E-state index in [0.29, 0.717) is 0 Å². The van der Waals surface area contributed by atoms with Crippen molar-refractivity contribution in [1.82, 2.24) is 0 Å². The van der Waals surface area contributed by atoms with Gasteiger partial charge in [-0.25, -0.2) is 0 Å². The Labute approximate surface area is 138 Å². The lowest BCUT2D eigenvalue weighted by molar-refractivity contribution is 1.44. The highest BCUT2D eigenvalue weighted by Crippen LogP contribution is 2.22. The number of benzene rings is 3. The molecular formula is C23H18. The molecule has 0 heteroatoms. The monoisotopic (exact) mass is 294 g/mol. The van der Waals surface area contributed by atoms with Gasteiger partial charge >= 0.3 is 0 Å². The molecule has 0 fully saturated rings. The minimum absolute atomic E-state index is 1.07. The van der Waals surface area contributed by atoms with E-state index < -0.39 is 0 Å². The van der Waals surface area contributed by atoms with E-state index in [1.54, 1.807) is 0 Å². The van der Waals surface area contributed by atoms with Crippen LogP contribution in [0.25, 0.3) is 5.57 Å². The van der Waals surface area contributed by atoms with Crippen LogP contribution in [0.2, 0.25) is 0 Å². The summed E-state index contributed by atoms with van der Waals surface area (Å²) in [5, 5.41) is 0. The van der Waals surface area contributed by atoms with Gasteiger partial charge in [-0.15, -0.1) is 0 Å². The first-order valence-electron chi connectivity index (χ1n) is 7.73. The minimum atomic E-state index is 1.07.